The lowest BCUT2D eigenvalue weighted by atomic mass is 9.93. The first-order valence-corrected chi connectivity index (χ1v) is 12.2. The van der Waals surface area contributed by atoms with Gasteiger partial charge >= 0.3 is 0 Å². The minimum Gasteiger partial charge on any atom is -0.310 e. The Bertz CT molecular complexity index is 1570. The number of aromatic nitrogens is 1. The maximum absolute atomic E-state index is 4.21. The van der Waals surface area contributed by atoms with Crippen molar-refractivity contribution in [2.24, 2.45) is 0 Å². The minimum absolute atomic E-state index is 1.09. The van der Waals surface area contributed by atoms with Gasteiger partial charge in [0.15, 0.2) is 0 Å². The molecule has 0 amide bonds. The van der Waals surface area contributed by atoms with E-state index >= 15 is 0 Å². The Balaban J connectivity index is 1.33. The molecule has 166 valence electrons. The first-order chi connectivity index (χ1) is 17.4. The van der Waals surface area contributed by atoms with Gasteiger partial charge in [-0.1, -0.05) is 72.8 Å². The Hall–Kier alpha value is -4.43. The van der Waals surface area contributed by atoms with Gasteiger partial charge in [-0.3, -0.25) is 4.98 Å². The van der Waals surface area contributed by atoms with Crippen LogP contribution in [0, 0.1) is 0 Å². The van der Waals surface area contributed by atoms with Gasteiger partial charge < -0.3 is 4.90 Å². The number of benzene rings is 4. The smallest absolute Gasteiger partial charge is 0.0492 e. The average Bonchev–Trinajstić information content (AvgIpc) is 3.26. The second kappa shape index (κ2) is 8.11. The van der Waals surface area contributed by atoms with E-state index < -0.39 is 0 Å². The number of allylic oxidation sites excluding steroid dienone is 4. The Labute approximate surface area is 205 Å². The first kappa shape index (κ1) is 20.0. The van der Waals surface area contributed by atoms with Gasteiger partial charge in [0.1, 0.15) is 0 Å². The third-order valence-corrected chi connectivity index (χ3v) is 7.20. The topological polar surface area (TPSA) is 16.1 Å². The molecule has 2 aliphatic carbocycles. The van der Waals surface area contributed by atoms with Gasteiger partial charge in [-0.15, -0.1) is 0 Å². The molecule has 0 N–H and O–H groups in total. The van der Waals surface area contributed by atoms with Crippen LogP contribution < -0.4 is 4.90 Å². The fraction of sp³-hybridized carbons (Fsp3) is 0.0606. The molecule has 4 aromatic carbocycles. The van der Waals surface area contributed by atoms with Crippen LogP contribution in [0.3, 0.4) is 0 Å². The van der Waals surface area contributed by atoms with E-state index in [2.05, 4.69) is 107 Å². The molecule has 0 saturated carbocycles. The number of hydrogen-bond acceptors (Lipinski definition) is 2. The molecule has 0 atom stereocenters. The summed E-state index contributed by atoms with van der Waals surface area (Å²) in [6.45, 7) is 0. The molecule has 0 fully saturated rings. The number of hydrogen-bond donors (Lipinski definition) is 0. The number of rotatable bonds is 4. The van der Waals surface area contributed by atoms with E-state index in [-0.39, 0.29) is 0 Å². The molecule has 0 unspecified atom stereocenters. The summed E-state index contributed by atoms with van der Waals surface area (Å²) in [5.41, 5.74) is 11.6. The van der Waals surface area contributed by atoms with E-state index in [0.717, 1.165) is 29.9 Å². The standard InChI is InChI=1S/C33H24N2/c1-2-7-24(8-3-1)35(26-19-21-34-22-20-26)25-15-13-23(14-16-25)27-17-18-32-29-10-5-4-9-28(29)31-12-6-11-30(27)33(31)32/h1-3,5-8,10-22H,4,9H2. The second-order valence-corrected chi connectivity index (χ2v) is 9.15. The normalized spacial score (nSPS) is 13.8. The van der Waals surface area contributed by atoms with Gasteiger partial charge in [0.05, 0.1) is 0 Å². The van der Waals surface area contributed by atoms with Crippen molar-refractivity contribution in [2.75, 3.05) is 4.90 Å². The molecule has 35 heavy (non-hydrogen) atoms. The van der Waals surface area contributed by atoms with E-state index in [1.54, 1.807) is 0 Å². The fourth-order valence-electron chi connectivity index (χ4n) is 5.64. The summed E-state index contributed by atoms with van der Waals surface area (Å²) in [4.78, 5) is 6.48. The Morgan fingerprint density at radius 3 is 2.17 bits per heavy atom. The fourth-order valence-corrected chi connectivity index (χ4v) is 5.64. The molecule has 0 spiro atoms. The van der Waals surface area contributed by atoms with Crippen LogP contribution in [0.15, 0.2) is 122 Å². The van der Waals surface area contributed by atoms with Crippen molar-refractivity contribution in [3.63, 3.8) is 0 Å². The Morgan fingerprint density at radius 1 is 0.600 bits per heavy atom. The lowest BCUT2D eigenvalue weighted by molar-refractivity contribution is 1.06. The zero-order valence-corrected chi connectivity index (χ0v) is 19.4. The number of fused-ring (bicyclic) bond motifs is 2. The van der Waals surface area contributed by atoms with E-state index in [9.17, 15) is 0 Å². The van der Waals surface area contributed by atoms with Crippen LogP contribution in [0.5, 0.6) is 0 Å². The maximum Gasteiger partial charge on any atom is 0.0492 e. The van der Waals surface area contributed by atoms with Gasteiger partial charge in [-0.25, -0.2) is 0 Å². The van der Waals surface area contributed by atoms with Gasteiger partial charge in [0.2, 0.25) is 0 Å². The van der Waals surface area contributed by atoms with Crippen LogP contribution in [-0.2, 0) is 0 Å². The molecule has 0 bridgehead atoms. The molecule has 7 rings (SSSR count). The van der Waals surface area contributed by atoms with Crippen LogP contribution in [0.25, 0.3) is 33.0 Å². The van der Waals surface area contributed by atoms with E-state index in [1.807, 2.05) is 24.5 Å². The van der Waals surface area contributed by atoms with Crippen molar-refractivity contribution in [1.29, 1.82) is 0 Å². The molecule has 2 nitrogen and oxygen atoms in total. The molecule has 0 aliphatic heterocycles. The summed E-state index contributed by atoms with van der Waals surface area (Å²) in [6.07, 6.45) is 10.6. The number of para-hydroxylation sites is 1. The van der Waals surface area contributed by atoms with Crippen molar-refractivity contribution < 1.29 is 0 Å². The van der Waals surface area contributed by atoms with Crippen LogP contribution in [0.4, 0.5) is 17.1 Å². The van der Waals surface area contributed by atoms with Gasteiger partial charge in [0, 0.05) is 29.5 Å². The third kappa shape index (κ3) is 3.22. The highest BCUT2D eigenvalue weighted by Crippen LogP contribution is 2.48. The molecule has 2 heteroatoms. The highest BCUT2D eigenvalue weighted by molar-refractivity contribution is 6.19. The first-order valence-electron chi connectivity index (χ1n) is 12.2. The number of pyridine rings is 1. The van der Waals surface area contributed by atoms with E-state index in [1.165, 1.54) is 44.2 Å². The molecule has 1 heterocycles. The van der Waals surface area contributed by atoms with Crippen molar-refractivity contribution >= 4 is 39.0 Å². The highest BCUT2D eigenvalue weighted by Gasteiger charge is 2.25. The summed E-state index contributed by atoms with van der Waals surface area (Å²) in [5, 5.41) is 2.75. The Kier molecular flexibility index (Phi) is 4.63. The number of anilines is 3. The number of nitrogens with zero attached hydrogens (tertiary/aromatic N) is 2. The predicted octanol–water partition coefficient (Wildman–Crippen LogP) is 8.95. The molecule has 0 saturated heterocycles. The molecule has 5 aromatic rings. The lowest BCUT2D eigenvalue weighted by Crippen LogP contribution is -2.09. The van der Waals surface area contributed by atoms with Crippen LogP contribution in [0.2, 0.25) is 0 Å². The maximum atomic E-state index is 4.21. The van der Waals surface area contributed by atoms with Gasteiger partial charge in [-0.05, 0) is 93.4 Å². The van der Waals surface area contributed by atoms with Crippen LogP contribution in [-0.4, -0.2) is 4.98 Å². The zero-order valence-electron chi connectivity index (χ0n) is 19.4. The van der Waals surface area contributed by atoms with Crippen LogP contribution in [0.1, 0.15) is 24.0 Å². The zero-order chi connectivity index (χ0) is 23.2. The van der Waals surface area contributed by atoms with Gasteiger partial charge in [0.25, 0.3) is 0 Å². The summed E-state index contributed by atoms with van der Waals surface area (Å²) in [7, 11) is 0. The summed E-state index contributed by atoms with van der Waals surface area (Å²) < 4.78 is 0. The average molecular weight is 449 g/mol. The molecule has 0 radical (unpaired) electrons. The van der Waals surface area contributed by atoms with E-state index in [4.69, 9.17) is 0 Å². The van der Waals surface area contributed by atoms with Crippen molar-refractivity contribution in [1.82, 2.24) is 4.98 Å². The monoisotopic (exact) mass is 448 g/mol. The highest BCUT2D eigenvalue weighted by atomic mass is 15.1. The summed E-state index contributed by atoms with van der Waals surface area (Å²) in [6, 6.07) is 34.9. The molecular formula is C33H24N2. The summed E-state index contributed by atoms with van der Waals surface area (Å²) in [5.74, 6) is 0. The van der Waals surface area contributed by atoms with Crippen LogP contribution >= 0.6 is 0 Å². The Morgan fingerprint density at radius 2 is 1.34 bits per heavy atom. The van der Waals surface area contributed by atoms with Crippen molar-refractivity contribution in [3.05, 3.63) is 133 Å². The quantitative estimate of drug-likeness (QED) is 0.273. The van der Waals surface area contributed by atoms with Gasteiger partial charge in [-0.2, -0.15) is 0 Å². The van der Waals surface area contributed by atoms with Crippen molar-refractivity contribution in [3.8, 4) is 11.1 Å². The summed E-state index contributed by atoms with van der Waals surface area (Å²) >= 11 is 0. The third-order valence-electron chi connectivity index (χ3n) is 7.20. The van der Waals surface area contributed by atoms with E-state index in [0.29, 0.717) is 0 Å². The van der Waals surface area contributed by atoms with Crippen molar-refractivity contribution in [2.45, 2.75) is 12.8 Å². The minimum atomic E-state index is 1.09. The molecular weight excluding hydrogens is 424 g/mol. The molecule has 1 aromatic heterocycles. The second-order valence-electron chi connectivity index (χ2n) is 9.15. The molecule has 2 aliphatic rings. The lowest BCUT2D eigenvalue weighted by Gasteiger charge is -2.25. The largest absolute Gasteiger partial charge is 0.310 e. The SMILES string of the molecule is C1=CC2=C(CC1)c1cccc3c(-c4ccc(N(c5ccccc5)c5ccncc5)cc4)ccc2c13. The predicted molar refractivity (Wildman–Crippen MR) is 147 cm³/mol.